The van der Waals surface area contributed by atoms with Crippen molar-refractivity contribution in [2.45, 2.75) is 31.8 Å². The van der Waals surface area contributed by atoms with Gasteiger partial charge in [-0.2, -0.15) is 0 Å². The third-order valence-electron chi connectivity index (χ3n) is 3.86. The first kappa shape index (κ1) is 15.4. The predicted octanol–water partition coefficient (Wildman–Crippen LogP) is 2.93. The second-order valence-electron chi connectivity index (χ2n) is 5.29. The molecule has 0 amide bonds. The highest BCUT2D eigenvalue weighted by Crippen LogP contribution is 2.23. The molecule has 1 aromatic rings. The normalized spacial score (nSPS) is 20.0. The topological polar surface area (TPSA) is 58.4 Å². The van der Waals surface area contributed by atoms with Gasteiger partial charge in [-0.25, -0.2) is 0 Å². The fourth-order valence-corrected chi connectivity index (χ4v) is 2.98. The Kier molecular flexibility index (Phi) is 5.51. The van der Waals surface area contributed by atoms with Gasteiger partial charge in [0.05, 0.1) is 4.92 Å². The molecule has 20 heavy (non-hydrogen) atoms. The monoisotopic (exact) mass is 341 g/mol. The first-order chi connectivity index (χ1) is 9.58. The van der Waals surface area contributed by atoms with E-state index in [0.717, 1.165) is 23.1 Å². The van der Waals surface area contributed by atoms with Crippen LogP contribution in [0, 0.1) is 10.1 Å². The summed E-state index contributed by atoms with van der Waals surface area (Å²) in [6, 6.07) is 5.75. The minimum atomic E-state index is -0.325. The molecule has 1 heterocycles. The third-order valence-corrected chi connectivity index (χ3v) is 4.35. The van der Waals surface area contributed by atoms with Gasteiger partial charge in [-0.3, -0.25) is 10.1 Å². The molecule has 0 aliphatic carbocycles. The van der Waals surface area contributed by atoms with Crippen LogP contribution in [0.3, 0.4) is 0 Å². The molecule has 0 saturated carbocycles. The third kappa shape index (κ3) is 4.01. The lowest BCUT2D eigenvalue weighted by atomic mass is 10.0. The van der Waals surface area contributed by atoms with E-state index in [9.17, 15) is 10.1 Å². The molecule has 0 bridgehead atoms. The van der Waals surface area contributed by atoms with E-state index in [2.05, 4.69) is 33.2 Å². The Bertz CT molecular complexity index is 481. The maximum absolute atomic E-state index is 11.0. The van der Waals surface area contributed by atoms with Crippen LogP contribution in [-0.2, 0) is 6.54 Å². The number of nitrogens with one attached hydrogen (secondary N) is 1. The molecule has 0 radical (unpaired) electrons. The van der Waals surface area contributed by atoms with Gasteiger partial charge in [-0.05, 0) is 38.6 Å². The summed E-state index contributed by atoms with van der Waals surface area (Å²) in [4.78, 5) is 13.1. The fourth-order valence-electron chi connectivity index (χ4n) is 2.63. The SMILES string of the molecule is CN1CCCCC1CNCc1ccc(Br)cc1[N+](=O)[O-]. The second kappa shape index (κ2) is 7.15. The standard InChI is InChI=1S/C14H20BrN3O2/c1-17-7-3-2-4-13(17)10-16-9-11-5-6-12(15)8-14(11)18(19)20/h5-6,8,13,16H,2-4,7,9-10H2,1H3. The van der Waals surface area contributed by atoms with Crippen molar-refractivity contribution in [3.05, 3.63) is 38.3 Å². The fraction of sp³-hybridized carbons (Fsp3) is 0.571. The molecule has 5 nitrogen and oxygen atoms in total. The summed E-state index contributed by atoms with van der Waals surface area (Å²) in [5.74, 6) is 0. The first-order valence-electron chi connectivity index (χ1n) is 6.91. The summed E-state index contributed by atoms with van der Waals surface area (Å²) in [5, 5.41) is 14.4. The molecular weight excluding hydrogens is 322 g/mol. The number of piperidine rings is 1. The molecule has 1 N–H and O–H groups in total. The molecule has 1 aliphatic rings. The van der Waals surface area contributed by atoms with Crippen LogP contribution in [0.15, 0.2) is 22.7 Å². The van der Waals surface area contributed by atoms with Crippen LogP contribution < -0.4 is 5.32 Å². The van der Waals surface area contributed by atoms with Crippen LogP contribution in [0.25, 0.3) is 0 Å². The van der Waals surface area contributed by atoms with Crippen LogP contribution in [0.4, 0.5) is 5.69 Å². The number of halogens is 1. The molecule has 1 atom stereocenters. The Morgan fingerprint density at radius 1 is 1.50 bits per heavy atom. The van der Waals surface area contributed by atoms with E-state index in [1.54, 1.807) is 12.1 Å². The lowest BCUT2D eigenvalue weighted by Gasteiger charge is -2.32. The summed E-state index contributed by atoms with van der Waals surface area (Å²) in [6.45, 7) is 2.56. The first-order valence-corrected chi connectivity index (χ1v) is 7.71. The van der Waals surface area contributed by atoms with Crippen molar-refractivity contribution in [1.29, 1.82) is 0 Å². The average molecular weight is 342 g/mol. The van der Waals surface area contributed by atoms with Gasteiger partial charge in [-0.1, -0.05) is 22.4 Å². The molecule has 1 fully saturated rings. The van der Waals surface area contributed by atoms with Gasteiger partial charge in [-0.15, -0.1) is 0 Å². The van der Waals surface area contributed by atoms with Crippen LogP contribution in [0.2, 0.25) is 0 Å². The minimum Gasteiger partial charge on any atom is -0.311 e. The maximum atomic E-state index is 11.0. The zero-order valence-corrected chi connectivity index (χ0v) is 13.2. The molecule has 0 spiro atoms. The number of likely N-dealkylation sites (tertiary alicyclic amines) is 1. The summed E-state index contributed by atoms with van der Waals surface area (Å²) < 4.78 is 0.736. The number of nitro benzene ring substituents is 1. The molecule has 0 aromatic heterocycles. The number of nitrogens with zero attached hydrogens (tertiary/aromatic N) is 2. The number of nitro groups is 1. The van der Waals surface area contributed by atoms with E-state index >= 15 is 0 Å². The summed E-state index contributed by atoms with van der Waals surface area (Å²) in [7, 11) is 2.15. The molecule has 1 aliphatic heterocycles. The van der Waals surface area contributed by atoms with Gasteiger partial charge < -0.3 is 10.2 Å². The maximum Gasteiger partial charge on any atom is 0.275 e. The number of likely N-dealkylation sites (N-methyl/N-ethyl adjacent to an activating group) is 1. The molecule has 1 aromatic carbocycles. The van der Waals surface area contributed by atoms with Crippen LogP contribution in [0.5, 0.6) is 0 Å². The smallest absolute Gasteiger partial charge is 0.275 e. The van der Waals surface area contributed by atoms with E-state index in [1.807, 2.05) is 6.07 Å². The van der Waals surface area contributed by atoms with Gasteiger partial charge in [0.2, 0.25) is 0 Å². The predicted molar refractivity (Wildman–Crippen MR) is 82.8 cm³/mol. The van der Waals surface area contributed by atoms with E-state index < -0.39 is 0 Å². The minimum absolute atomic E-state index is 0.170. The Morgan fingerprint density at radius 3 is 3.00 bits per heavy atom. The van der Waals surface area contributed by atoms with E-state index in [1.165, 1.54) is 19.3 Å². The number of hydrogen-bond acceptors (Lipinski definition) is 4. The molecule has 2 rings (SSSR count). The average Bonchev–Trinajstić information content (AvgIpc) is 2.42. The lowest BCUT2D eigenvalue weighted by Crippen LogP contribution is -2.42. The Hall–Kier alpha value is -0.980. The van der Waals surface area contributed by atoms with Crippen LogP contribution in [-0.4, -0.2) is 36.0 Å². The van der Waals surface area contributed by atoms with E-state index in [4.69, 9.17) is 0 Å². The number of hydrogen-bond donors (Lipinski definition) is 1. The van der Waals surface area contributed by atoms with E-state index in [0.29, 0.717) is 12.6 Å². The van der Waals surface area contributed by atoms with Crippen molar-refractivity contribution >= 4 is 21.6 Å². The van der Waals surface area contributed by atoms with Crippen molar-refractivity contribution < 1.29 is 4.92 Å². The Labute approximate surface area is 127 Å². The van der Waals surface area contributed by atoms with Gasteiger partial charge in [0.15, 0.2) is 0 Å². The van der Waals surface area contributed by atoms with Crippen LogP contribution in [0.1, 0.15) is 24.8 Å². The summed E-state index contributed by atoms with van der Waals surface area (Å²) in [5.41, 5.74) is 0.903. The molecule has 6 heteroatoms. The number of rotatable bonds is 5. The molecule has 1 saturated heterocycles. The Morgan fingerprint density at radius 2 is 2.30 bits per heavy atom. The zero-order valence-electron chi connectivity index (χ0n) is 11.6. The second-order valence-corrected chi connectivity index (χ2v) is 6.21. The lowest BCUT2D eigenvalue weighted by molar-refractivity contribution is -0.385. The van der Waals surface area contributed by atoms with E-state index in [-0.39, 0.29) is 10.6 Å². The Balaban J connectivity index is 1.92. The quantitative estimate of drug-likeness (QED) is 0.660. The highest BCUT2D eigenvalue weighted by atomic mass is 79.9. The van der Waals surface area contributed by atoms with Gasteiger partial charge in [0, 0.05) is 35.2 Å². The zero-order chi connectivity index (χ0) is 14.5. The van der Waals surface area contributed by atoms with Crippen molar-refractivity contribution in [2.75, 3.05) is 20.1 Å². The van der Waals surface area contributed by atoms with Crippen molar-refractivity contribution in [3.63, 3.8) is 0 Å². The number of benzene rings is 1. The van der Waals surface area contributed by atoms with Gasteiger partial charge in [0.25, 0.3) is 5.69 Å². The van der Waals surface area contributed by atoms with Crippen molar-refractivity contribution in [2.24, 2.45) is 0 Å². The summed E-state index contributed by atoms with van der Waals surface area (Å²) >= 11 is 3.27. The van der Waals surface area contributed by atoms with Gasteiger partial charge in [0.1, 0.15) is 0 Å². The van der Waals surface area contributed by atoms with Crippen molar-refractivity contribution in [3.8, 4) is 0 Å². The molecule has 110 valence electrons. The van der Waals surface area contributed by atoms with Crippen molar-refractivity contribution in [1.82, 2.24) is 10.2 Å². The largest absolute Gasteiger partial charge is 0.311 e. The highest BCUT2D eigenvalue weighted by molar-refractivity contribution is 9.10. The highest BCUT2D eigenvalue weighted by Gasteiger charge is 2.19. The molecule has 1 unspecified atom stereocenters. The molecular formula is C14H20BrN3O2. The summed E-state index contributed by atoms with van der Waals surface area (Å²) in [6.07, 6.45) is 3.74. The van der Waals surface area contributed by atoms with Gasteiger partial charge >= 0.3 is 0 Å². The van der Waals surface area contributed by atoms with Crippen LogP contribution >= 0.6 is 15.9 Å².